The number of para-hydroxylation sites is 1. The summed E-state index contributed by atoms with van der Waals surface area (Å²) < 4.78 is 0.925. The first kappa shape index (κ1) is 7.32. The second kappa shape index (κ2) is 2.61. The van der Waals surface area contributed by atoms with Gasteiger partial charge in [0.1, 0.15) is 6.07 Å². The largest absolute Gasteiger partial charge is 0.275 e. The lowest BCUT2D eigenvalue weighted by molar-refractivity contribution is 1.10. The van der Waals surface area contributed by atoms with Crippen molar-refractivity contribution >= 4 is 26.8 Å². The maximum Gasteiger partial charge on any atom is 0.170 e. The molecule has 0 amide bonds. The average molecular weight is 222 g/mol. The summed E-state index contributed by atoms with van der Waals surface area (Å²) in [6, 6.07) is 7.66. The van der Waals surface area contributed by atoms with Crippen molar-refractivity contribution in [2.45, 2.75) is 0 Å². The number of aromatic amines is 1. The SMILES string of the molecule is N#Cc1n[nH]c2c(Br)cccc12. The molecule has 0 fully saturated rings. The van der Waals surface area contributed by atoms with Crippen LogP contribution >= 0.6 is 15.9 Å². The molecule has 0 saturated carbocycles. The zero-order chi connectivity index (χ0) is 8.55. The van der Waals surface area contributed by atoms with E-state index in [9.17, 15) is 0 Å². The Morgan fingerprint density at radius 2 is 2.33 bits per heavy atom. The Bertz CT molecular complexity index is 467. The van der Waals surface area contributed by atoms with Crippen LogP contribution in [0.5, 0.6) is 0 Å². The summed E-state index contributed by atoms with van der Waals surface area (Å²) in [5.41, 5.74) is 1.31. The highest BCUT2D eigenvalue weighted by molar-refractivity contribution is 9.10. The van der Waals surface area contributed by atoms with Gasteiger partial charge in [0.05, 0.1) is 5.52 Å². The van der Waals surface area contributed by atoms with Crippen LogP contribution in [0, 0.1) is 11.3 Å². The molecular formula is C8H4BrN3. The molecule has 0 spiro atoms. The molecule has 1 N–H and O–H groups in total. The number of nitrogens with one attached hydrogen (secondary N) is 1. The smallest absolute Gasteiger partial charge is 0.170 e. The number of aromatic nitrogens is 2. The number of nitrogens with zero attached hydrogens (tertiary/aromatic N) is 2. The molecule has 0 saturated heterocycles. The molecule has 12 heavy (non-hydrogen) atoms. The molecule has 0 unspecified atom stereocenters. The summed E-state index contributed by atoms with van der Waals surface area (Å²) in [7, 11) is 0. The Morgan fingerprint density at radius 3 is 3.08 bits per heavy atom. The molecule has 0 aliphatic carbocycles. The summed E-state index contributed by atoms with van der Waals surface area (Å²) in [6.07, 6.45) is 0. The number of benzene rings is 1. The van der Waals surface area contributed by atoms with Gasteiger partial charge in [0.2, 0.25) is 0 Å². The van der Waals surface area contributed by atoms with Crippen LogP contribution in [0.1, 0.15) is 5.69 Å². The van der Waals surface area contributed by atoms with Crippen LogP contribution in [-0.2, 0) is 0 Å². The zero-order valence-corrected chi connectivity index (χ0v) is 7.59. The Balaban J connectivity index is 2.91. The Kier molecular flexibility index (Phi) is 1.59. The first-order valence-corrected chi connectivity index (χ1v) is 4.15. The van der Waals surface area contributed by atoms with Crippen molar-refractivity contribution in [2.24, 2.45) is 0 Å². The Morgan fingerprint density at radius 1 is 1.50 bits per heavy atom. The van der Waals surface area contributed by atoms with Crippen LogP contribution in [0.15, 0.2) is 22.7 Å². The number of hydrogen-bond acceptors (Lipinski definition) is 2. The van der Waals surface area contributed by atoms with Gasteiger partial charge in [0, 0.05) is 9.86 Å². The van der Waals surface area contributed by atoms with Gasteiger partial charge in [0.15, 0.2) is 5.69 Å². The van der Waals surface area contributed by atoms with E-state index < -0.39 is 0 Å². The molecular weight excluding hydrogens is 218 g/mol. The van der Waals surface area contributed by atoms with Crippen molar-refractivity contribution in [1.29, 1.82) is 5.26 Å². The molecule has 2 aromatic rings. The summed E-state index contributed by atoms with van der Waals surface area (Å²) in [6.45, 7) is 0. The normalized spacial score (nSPS) is 10.0. The number of nitriles is 1. The highest BCUT2D eigenvalue weighted by atomic mass is 79.9. The molecule has 0 aliphatic heterocycles. The number of halogens is 1. The van der Waals surface area contributed by atoms with Crippen molar-refractivity contribution in [2.75, 3.05) is 0 Å². The van der Waals surface area contributed by atoms with E-state index in [-0.39, 0.29) is 0 Å². The van der Waals surface area contributed by atoms with Crippen molar-refractivity contribution in [3.8, 4) is 6.07 Å². The van der Waals surface area contributed by atoms with Crippen molar-refractivity contribution in [1.82, 2.24) is 10.2 Å². The average Bonchev–Trinajstić information content (AvgIpc) is 2.49. The summed E-state index contributed by atoms with van der Waals surface area (Å²) in [5.74, 6) is 0. The Hall–Kier alpha value is -1.34. The fraction of sp³-hybridized carbons (Fsp3) is 0. The number of hydrogen-bond donors (Lipinski definition) is 1. The maximum atomic E-state index is 8.67. The van der Waals surface area contributed by atoms with Gasteiger partial charge < -0.3 is 0 Å². The first-order chi connectivity index (χ1) is 5.83. The van der Waals surface area contributed by atoms with Gasteiger partial charge in [-0.1, -0.05) is 6.07 Å². The van der Waals surface area contributed by atoms with E-state index >= 15 is 0 Å². The van der Waals surface area contributed by atoms with Crippen LogP contribution in [0.2, 0.25) is 0 Å². The summed E-state index contributed by atoms with van der Waals surface area (Å²) in [5, 5.41) is 16.2. The van der Waals surface area contributed by atoms with E-state index in [1.807, 2.05) is 24.3 Å². The third-order valence-electron chi connectivity index (χ3n) is 1.65. The van der Waals surface area contributed by atoms with E-state index in [0.717, 1.165) is 15.4 Å². The van der Waals surface area contributed by atoms with E-state index in [1.54, 1.807) is 0 Å². The van der Waals surface area contributed by atoms with Crippen LogP contribution in [0.3, 0.4) is 0 Å². The molecule has 4 heteroatoms. The monoisotopic (exact) mass is 221 g/mol. The highest BCUT2D eigenvalue weighted by Gasteiger charge is 2.05. The lowest BCUT2D eigenvalue weighted by Gasteiger charge is -1.90. The predicted octanol–water partition coefficient (Wildman–Crippen LogP) is 2.20. The van der Waals surface area contributed by atoms with Gasteiger partial charge in [-0.15, -0.1) is 0 Å². The molecule has 0 atom stereocenters. The Labute approximate surface area is 77.1 Å². The predicted molar refractivity (Wildman–Crippen MR) is 48.5 cm³/mol. The van der Waals surface area contributed by atoms with E-state index in [4.69, 9.17) is 5.26 Å². The van der Waals surface area contributed by atoms with E-state index in [2.05, 4.69) is 26.1 Å². The van der Waals surface area contributed by atoms with Gasteiger partial charge in [-0.25, -0.2) is 0 Å². The molecule has 0 aliphatic rings. The van der Waals surface area contributed by atoms with E-state index in [0.29, 0.717) is 5.69 Å². The molecule has 58 valence electrons. The number of H-pyrrole nitrogens is 1. The fourth-order valence-corrected chi connectivity index (χ4v) is 1.55. The minimum atomic E-state index is 0.436. The lowest BCUT2D eigenvalue weighted by atomic mass is 10.2. The molecule has 3 nitrogen and oxygen atoms in total. The zero-order valence-electron chi connectivity index (χ0n) is 6.00. The van der Waals surface area contributed by atoms with E-state index in [1.165, 1.54) is 0 Å². The van der Waals surface area contributed by atoms with Crippen molar-refractivity contribution < 1.29 is 0 Å². The highest BCUT2D eigenvalue weighted by Crippen LogP contribution is 2.23. The quantitative estimate of drug-likeness (QED) is 0.742. The summed E-state index contributed by atoms with van der Waals surface area (Å²) in [4.78, 5) is 0. The molecule has 1 heterocycles. The van der Waals surface area contributed by atoms with Crippen molar-refractivity contribution in [3.63, 3.8) is 0 Å². The van der Waals surface area contributed by atoms with Crippen LogP contribution in [0.4, 0.5) is 0 Å². The van der Waals surface area contributed by atoms with Gasteiger partial charge in [-0.3, -0.25) is 5.10 Å². The minimum Gasteiger partial charge on any atom is -0.275 e. The molecule has 0 radical (unpaired) electrons. The molecule has 2 rings (SSSR count). The second-order valence-corrected chi connectivity index (χ2v) is 3.20. The number of rotatable bonds is 0. The van der Waals surface area contributed by atoms with Gasteiger partial charge >= 0.3 is 0 Å². The maximum absolute atomic E-state index is 8.67. The standard InChI is InChI=1S/C8H4BrN3/c9-6-3-1-2-5-7(4-10)11-12-8(5)6/h1-3H,(H,11,12). The minimum absolute atomic E-state index is 0.436. The van der Waals surface area contributed by atoms with Crippen LogP contribution < -0.4 is 0 Å². The number of fused-ring (bicyclic) bond motifs is 1. The molecule has 0 bridgehead atoms. The van der Waals surface area contributed by atoms with Gasteiger partial charge in [0.25, 0.3) is 0 Å². The third kappa shape index (κ3) is 0.908. The third-order valence-corrected chi connectivity index (χ3v) is 2.31. The molecule has 1 aromatic carbocycles. The van der Waals surface area contributed by atoms with Gasteiger partial charge in [-0.05, 0) is 28.1 Å². The van der Waals surface area contributed by atoms with Crippen molar-refractivity contribution in [3.05, 3.63) is 28.4 Å². The van der Waals surface area contributed by atoms with Crippen LogP contribution in [-0.4, -0.2) is 10.2 Å². The summed E-state index contributed by atoms with van der Waals surface area (Å²) >= 11 is 3.36. The van der Waals surface area contributed by atoms with Crippen LogP contribution in [0.25, 0.3) is 10.9 Å². The second-order valence-electron chi connectivity index (χ2n) is 2.35. The fourth-order valence-electron chi connectivity index (χ4n) is 1.09. The lowest BCUT2D eigenvalue weighted by Crippen LogP contribution is -1.71. The topological polar surface area (TPSA) is 52.5 Å². The van der Waals surface area contributed by atoms with Gasteiger partial charge in [-0.2, -0.15) is 10.4 Å². The first-order valence-electron chi connectivity index (χ1n) is 3.35. The molecule has 1 aromatic heterocycles.